The molecular weight excluding hydrogens is 449 g/mol. The first kappa shape index (κ1) is 16.2. The molecule has 0 saturated carbocycles. The van der Waals surface area contributed by atoms with E-state index in [4.69, 9.17) is 4.74 Å². The van der Waals surface area contributed by atoms with Crippen molar-refractivity contribution in [2.75, 3.05) is 0 Å². The lowest BCUT2D eigenvalue weighted by molar-refractivity contribution is -0.385. The van der Waals surface area contributed by atoms with Crippen LogP contribution >= 0.6 is 38.5 Å². The van der Waals surface area contributed by atoms with Crippen LogP contribution < -0.4 is 4.74 Å². The number of nitro groups is 1. The molecule has 0 bridgehead atoms. The van der Waals surface area contributed by atoms with E-state index in [1.807, 2.05) is 40.8 Å². The zero-order chi connectivity index (χ0) is 15.6. The van der Waals surface area contributed by atoms with Gasteiger partial charge < -0.3 is 4.74 Å². The van der Waals surface area contributed by atoms with Gasteiger partial charge in [-0.05, 0) is 64.4 Å². The summed E-state index contributed by atoms with van der Waals surface area (Å²) in [4.78, 5) is 10.7. The molecule has 0 fully saturated rings. The molecular formula is C15H13BrINO3. The van der Waals surface area contributed by atoms with Crippen LogP contribution in [0.15, 0.2) is 40.9 Å². The average molecular weight is 462 g/mol. The van der Waals surface area contributed by atoms with Gasteiger partial charge in [-0.2, -0.15) is 0 Å². The highest BCUT2D eigenvalue weighted by molar-refractivity contribution is 14.1. The van der Waals surface area contributed by atoms with Gasteiger partial charge in [-0.25, -0.2) is 0 Å². The summed E-state index contributed by atoms with van der Waals surface area (Å²) in [6.45, 7) is 4.11. The minimum atomic E-state index is -0.425. The van der Waals surface area contributed by atoms with Crippen LogP contribution in [0.4, 0.5) is 5.69 Å². The highest BCUT2D eigenvalue weighted by Gasteiger charge is 2.18. The Kier molecular flexibility index (Phi) is 5.21. The molecule has 0 atom stereocenters. The minimum Gasteiger partial charge on any atom is -0.450 e. The van der Waals surface area contributed by atoms with Gasteiger partial charge >= 0.3 is 5.69 Å². The van der Waals surface area contributed by atoms with E-state index in [9.17, 15) is 10.1 Å². The summed E-state index contributed by atoms with van der Waals surface area (Å²) in [5, 5.41) is 11.2. The topological polar surface area (TPSA) is 52.4 Å². The molecule has 0 saturated heterocycles. The second-order valence-electron chi connectivity index (χ2n) is 4.81. The van der Waals surface area contributed by atoms with Crippen molar-refractivity contribution in [2.45, 2.75) is 19.8 Å². The van der Waals surface area contributed by atoms with E-state index < -0.39 is 4.92 Å². The maximum absolute atomic E-state index is 11.2. The number of nitro benzene ring substituents is 1. The molecule has 0 aliphatic heterocycles. The summed E-state index contributed by atoms with van der Waals surface area (Å²) in [7, 11) is 0. The van der Waals surface area contributed by atoms with Crippen molar-refractivity contribution >= 4 is 44.2 Å². The van der Waals surface area contributed by atoms with E-state index in [0.717, 1.165) is 13.6 Å². The van der Waals surface area contributed by atoms with Gasteiger partial charge in [0, 0.05) is 14.1 Å². The number of rotatable bonds is 4. The largest absolute Gasteiger partial charge is 0.450 e. The maximum Gasteiger partial charge on any atom is 0.312 e. The third kappa shape index (κ3) is 3.94. The molecule has 2 aromatic rings. The standard InChI is InChI=1S/C15H13BrINO3/c1-9(2)12-7-10(16)3-5-14(12)21-15-6-4-11(17)8-13(15)18(19)20/h3-9H,1-2H3. The van der Waals surface area contributed by atoms with Crippen molar-refractivity contribution < 1.29 is 9.66 Å². The Morgan fingerprint density at radius 1 is 1.19 bits per heavy atom. The van der Waals surface area contributed by atoms with E-state index in [1.54, 1.807) is 12.1 Å². The highest BCUT2D eigenvalue weighted by atomic mass is 127. The normalized spacial score (nSPS) is 10.7. The summed E-state index contributed by atoms with van der Waals surface area (Å²) < 4.78 is 7.56. The molecule has 0 amide bonds. The average Bonchev–Trinajstić information content (AvgIpc) is 2.42. The molecule has 2 rings (SSSR count). The minimum absolute atomic E-state index is 0.0282. The van der Waals surface area contributed by atoms with Crippen molar-refractivity contribution in [2.24, 2.45) is 0 Å². The van der Waals surface area contributed by atoms with E-state index in [0.29, 0.717) is 5.75 Å². The highest BCUT2D eigenvalue weighted by Crippen LogP contribution is 2.37. The van der Waals surface area contributed by atoms with Crippen LogP contribution in [-0.2, 0) is 0 Å². The first-order valence-corrected chi connectivity index (χ1v) is 8.17. The smallest absolute Gasteiger partial charge is 0.312 e. The Morgan fingerprint density at radius 3 is 2.48 bits per heavy atom. The van der Waals surface area contributed by atoms with Crippen molar-refractivity contribution in [3.8, 4) is 11.5 Å². The summed E-state index contributed by atoms with van der Waals surface area (Å²) >= 11 is 5.47. The molecule has 0 radical (unpaired) electrons. The number of benzene rings is 2. The summed E-state index contributed by atoms with van der Waals surface area (Å²) in [6.07, 6.45) is 0. The Balaban J connectivity index is 2.46. The van der Waals surface area contributed by atoms with Crippen molar-refractivity contribution in [3.05, 3.63) is 60.1 Å². The number of nitrogens with zero attached hydrogens (tertiary/aromatic N) is 1. The van der Waals surface area contributed by atoms with Gasteiger partial charge in [-0.3, -0.25) is 10.1 Å². The quantitative estimate of drug-likeness (QED) is 0.324. The van der Waals surface area contributed by atoms with Gasteiger partial charge in [0.25, 0.3) is 0 Å². The van der Waals surface area contributed by atoms with Crippen molar-refractivity contribution in [3.63, 3.8) is 0 Å². The van der Waals surface area contributed by atoms with E-state index in [2.05, 4.69) is 29.8 Å². The Hall–Kier alpha value is -1.15. The molecule has 0 aliphatic rings. The second-order valence-corrected chi connectivity index (χ2v) is 6.97. The molecule has 2 aromatic carbocycles. The number of halogens is 2. The van der Waals surface area contributed by atoms with E-state index in [1.165, 1.54) is 6.07 Å². The van der Waals surface area contributed by atoms with Crippen LogP contribution in [0.1, 0.15) is 25.3 Å². The van der Waals surface area contributed by atoms with Gasteiger partial charge in [0.15, 0.2) is 0 Å². The molecule has 0 N–H and O–H groups in total. The predicted octanol–water partition coefficient (Wildman–Crippen LogP) is 5.88. The number of hydrogen-bond donors (Lipinski definition) is 0. The Bertz CT molecular complexity index is 689. The van der Waals surface area contributed by atoms with Gasteiger partial charge in [-0.1, -0.05) is 29.8 Å². The number of ether oxygens (including phenoxy) is 1. The molecule has 0 unspecified atom stereocenters. The Morgan fingerprint density at radius 2 is 1.86 bits per heavy atom. The molecule has 21 heavy (non-hydrogen) atoms. The fourth-order valence-corrected chi connectivity index (χ4v) is 2.75. The lowest BCUT2D eigenvalue weighted by atomic mass is 10.0. The monoisotopic (exact) mass is 461 g/mol. The Labute approximate surface area is 144 Å². The molecule has 4 nitrogen and oxygen atoms in total. The van der Waals surface area contributed by atoms with Crippen LogP contribution in [-0.4, -0.2) is 4.92 Å². The number of hydrogen-bond acceptors (Lipinski definition) is 3. The van der Waals surface area contributed by atoms with Gasteiger partial charge in [-0.15, -0.1) is 0 Å². The van der Waals surface area contributed by atoms with E-state index >= 15 is 0 Å². The lowest BCUT2D eigenvalue weighted by Gasteiger charge is -2.14. The van der Waals surface area contributed by atoms with Gasteiger partial charge in [0.2, 0.25) is 5.75 Å². The van der Waals surface area contributed by atoms with Crippen LogP contribution in [0.5, 0.6) is 11.5 Å². The summed E-state index contributed by atoms with van der Waals surface area (Å²) in [6, 6.07) is 10.6. The zero-order valence-electron chi connectivity index (χ0n) is 11.5. The maximum atomic E-state index is 11.2. The zero-order valence-corrected chi connectivity index (χ0v) is 15.2. The first-order valence-electron chi connectivity index (χ1n) is 6.29. The SMILES string of the molecule is CC(C)c1cc(Br)ccc1Oc1ccc(I)cc1[N+](=O)[O-]. The predicted molar refractivity (Wildman–Crippen MR) is 94.1 cm³/mol. The molecule has 0 aromatic heterocycles. The van der Waals surface area contributed by atoms with Gasteiger partial charge in [0.05, 0.1) is 4.92 Å². The summed E-state index contributed by atoms with van der Waals surface area (Å²) in [5.41, 5.74) is 0.969. The molecule has 0 aliphatic carbocycles. The summed E-state index contributed by atoms with van der Waals surface area (Å²) in [5.74, 6) is 1.14. The molecule has 0 heterocycles. The molecule has 0 spiro atoms. The fourth-order valence-electron chi connectivity index (χ4n) is 1.90. The third-order valence-corrected chi connectivity index (χ3v) is 4.10. The van der Waals surface area contributed by atoms with Crippen molar-refractivity contribution in [1.29, 1.82) is 0 Å². The van der Waals surface area contributed by atoms with E-state index in [-0.39, 0.29) is 17.4 Å². The van der Waals surface area contributed by atoms with Crippen molar-refractivity contribution in [1.82, 2.24) is 0 Å². The third-order valence-electron chi connectivity index (χ3n) is 2.93. The molecule has 6 heteroatoms. The second kappa shape index (κ2) is 6.74. The fraction of sp³-hybridized carbons (Fsp3) is 0.200. The van der Waals surface area contributed by atoms with Crippen LogP contribution in [0.25, 0.3) is 0 Å². The van der Waals surface area contributed by atoms with Gasteiger partial charge in [0.1, 0.15) is 5.75 Å². The van der Waals surface area contributed by atoms with Crippen LogP contribution in [0.3, 0.4) is 0 Å². The molecule has 110 valence electrons. The first-order chi connectivity index (χ1) is 9.88. The van der Waals surface area contributed by atoms with Crippen LogP contribution in [0, 0.1) is 13.7 Å². The van der Waals surface area contributed by atoms with Crippen LogP contribution in [0.2, 0.25) is 0 Å². The lowest BCUT2D eigenvalue weighted by Crippen LogP contribution is -1.97.